The highest BCUT2D eigenvalue weighted by Gasteiger charge is 2.09. The second-order valence-electron chi connectivity index (χ2n) is 2.74. The molecule has 12 heavy (non-hydrogen) atoms. The minimum absolute atomic E-state index is 0.168. The molecular formula is C9H12O2S. The Bertz CT molecular complexity index is 289. The van der Waals surface area contributed by atoms with Crippen molar-refractivity contribution in [2.45, 2.75) is 26.7 Å². The van der Waals surface area contributed by atoms with E-state index in [1.54, 1.807) is 11.3 Å². The fourth-order valence-corrected chi connectivity index (χ4v) is 2.40. The summed E-state index contributed by atoms with van der Waals surface area (Å²) in [6.45, 7) is 4.08. The Morgan fingerprint density at radius 2 is 2.33 bits per heavy atom. The topological polar surface area (TPSA) is 37.3 Å². The van der Waals surface area contributed by atoms with Gasteiger partial charge in [-0.1, -0.05) is 6.92 Å². The third-order valence-electron chi connectivity index (χ3n) is 1.86. The highest BCUT2D eigenvalue weighted by Crippen LogP contribution is 2.22. The van der Waals surface area contributed by atoms with Crippen LogP contribution in [0.15, 0.2) is 5.38 Å². The van der Waals surface area contributed by atoms with Crippen LogP contribution >= 0.6 is 11.3 Å². The number of aryl methyl sites for hydroxylation is 1. The van der Waals surface area contributed by atoms with Gasteiger partial charge in [-0.15, -0.1) is 11.3 Å². The molecule has 1 aromatic heterocycles. The zero-order chi connectivity index (χ0) is 9.14. The fraction of sp³-hybridized carbons (Fsp3) is 0.444. The van der Waals surface area contributed by atoms with Gasteiger partial charge >= 0.3 is 5.97 Å². The highest BCUT2D eigenvalue weighted by molar-refractivity contribution is 7.10. The van der Waals surface area contributed by atoms with Crippen LogP contribution < -0.4 is 0 Å². The molecule has 66 valence electrons. The predicted molar refractivity (Wildman–Crippen MR) is 49.8 cm³/mol. The Kier molecular flexibility index (Phi) is 2.87. The Balaban J connectivity index is 2.91. The van der Waals surface area contributed by atoms with Crippen molar-refractivity contribution in [3.8, 4) is 0 Å². The van der Waals surface area contributed by atoms with Gasteiger partial charge in [-0.2, -0.15) is 0 Å². The standard InChI is InChI=1S/C9H12O2S/c1-3-7-6(2)5-12-8(7)4-9(10)11/h5H,3-4H2,1-2H3,(H,10,11). The summed E-state index contributed by atoms with van der Waals surface area (Å²) in [5, 5.41) is 10.6. The third-order valence-corrected chi connectivity index (χ3v) is 3.00. The predicted octanol–water partition coefficient (Wildman–Crippen LogP) is 2.25. The lowest BCUT2D eigenvalue weighted by molar-refractivity contribution is -0.136. The normalized spacial score (nSPS) is 10.2. The van der Waals surface area contributed by atoms with E-state index in [1.807, 2.05) is 12.3 Å². The molecule has 0 aliphatic rings. The van der Waals surface area contributed by atoms with E-state index in [0.29, 0.717) is 0 Å². The first-order chi connectivity index (χ1) is 5.65. The average molecular weight is 184 g/mol. The molecule has 0 saturated heterocycles. The first-order valence-electron chi connectivity index (χ1n) is 3.92. The van der Waals surface area contributed by atoms with Gasteiger partial charge < -0.3 is 5.11 Å². The lowest BCUT2D eigenvalue weighted by atomic mass is 10.1. The number of rotatable bonds is 3. The van der Waals surface area contributed by atoms with Gasteiger partial charge in [0.1, 0.15) is 0 Å². The van der Waals surface area contributed by atoms with E-state index in [2.05, 4.69) is 6.92 Å². The molecule has 1 heterocycles. The molecule has 0 radical (unpaired) electrons. The van der Waals surface area contributed by atoms with Crippen LogP contribution in [0.4, 0.5) is 0 Å². The Morgan fingerprint density at radius 3 is 2.83 bits per heavy atom. The summed E-state index contributed by atoms with van der Waals surface area (Å²) in [4.78, 5) is 11.5. The van der Waals surface area contributed by atoms with Crippen LogP contribution in [-0.4, -0.2) is 11.1 Å². The molecule has 3 heteroatoms. The molecule has 0 fully saturated rings. The molecule has 1 rings (SSSR count). The molecule has 1 aromatic rings. The number of hydrogen-bond acceptors (Lipinski definition) is 2. The van der Waals surface area contributed by atoms with E-state index < -0.39 is 5.97 Å². The van der Waals surface area contributed by atoms with Crippen molar-refractivity contribution < 1.29 is 9.90 Å². The summed E-state index contributed by atoms with van der Waals surface area (Å²) >= 11 is 1.55. The van der Waals surface area contributed by atoms with Gasteiger partial charge in [0.05, 0.1) is 6.42 Å². The molecule has 0 amide bonds. The van der Waals surface area contributed by atoms with E-state index in [0.717, 1.165) is 11.3 Å². The molecular weight excluding hydrogens is 172 g/mol. The quantitative estimate of drug-likeness (QED) is 0.782. The molecule has 0 unspecified atom stereocenters. The Labute approximate surface area is 75.9 Å². The largest absolute Gasteiger partial charge is 0.481 e. The smallest absolute Gasteiger partial charge is 0.308 e. The van der Waals surface area contributed by atoms with Gasteiger partial charge in [0.25, 0.3) is 0 Å². The zero-order valence-electron chi connectivity index (χ0n) is 7.26. The van der Waals surface area contributed by atoms with Gasteiger partial charge in [-0.25, -0.2) is 0 Å². The average Bonchev–Trinajstić information content (AvgIpc) is 2.30. The molecule has 0 atom stereocenters. The second kappa shape index (κ2) is 3.72. The van der Waals surface area contributed by atoms with Gasteiger partial charge in [0, 0.05) is 4.88 Å². The Hall–Kier alpha value is -0.830. The van der Waals surface area contributed by atoms with Crippen LogP contribution in [0.25, 0.3) is 0 Å². The lowest BCUT2D eigenvalue weighted by Gasteiger charge is -1.98. The van der Waals surface area contributed by atoms with Crippen molar-refractivity contribution in [3.63, 3.8) is 0 Å². The highest BCUT2D eigenvalue weighted by atomic mass is 32.1. The van der Waals surface area contributed by atoms with Gasteiger partial charge in [-0.3, -0.25) is 4.79 Å². The number of thiophene rings is 1. The van der Waals surface area contributed by atoms with Crippen molar-refractivity contribution in [1.29, 1.82) is 0 Å². The molecule has 0 saturated carbocycles. The number of carboxylic acid groups (broad SMARTS) is 1. The molecule has 0 bridgehead atoms. The van der Waals surface area contributed by atoms with Crippen molar-refractivity contribution in [2.75, 3.05) is 0 Å². The van der Waals surface area contributed by atoms with Crippen LogP contribution in [0.2, 0.25) is 0 Å². The maximum Gasteiger partial charge on any atom is 0.308 e. The van der Waals surface area contributed by atoms with Gasteiger partial charge in [0.15, 0.2) is 0 Å². The summed E-state index contributed by atoms with van der Waals surface area (Å²) in [7, 11) is 0. The number of carboxylic acids is 1. The molecule has 0 aliphatic carbocycles. The van der Waals surface area contributed by atoms with Crippen molar-refractivity contribution >= 4 is 17.3 Å². The second-order valence-corrected chi connectivity index (χ2v) is 3.71. The van der Waals surface area contributed by atoms with Crippen LogP contribution in [0, 0.1) is 6.92 Å². The van der Waals surface area contributed by atoms with E-state index in [-0.39, 0.29) is 6.42 Å². The first-order valence-corrected chi connectivity index (χ1v) is 4.80. The minimum Gasteiger partial charge on any atom is -0.481 e. The van der Waals surface area contributed by atoms with Crippen molar-refractivity contribution in [1.82, 2.24) is 0 Å². The SMILES string of the molecule is CCc1c(C)csc1CC(=O)O. The molecule has 2 nitrogen and oxygen atoms in total. The molecule has 1 N–H and O–H groups in total. The van der Waals surface area contributed by atoms with E-state index in [1.165, 1.54) is 11.1 Å². The third kappa shape index (κ3) is 1.85. The number of hydrogen-bond donors (Lipinski definition) is 1. The summed E-state index contributed by atoms with van der Waals surface area (Å²) in [5.41, 5.74) is 2.43. The monoisotopic (exact) mass is 184 g/mol. The van der Waals surface area contributed by atoms with E-state index in [9.17, 15) is 4.79 Å². The Morgan fingerprint density at radius 1 is 1.67 bits per heavy atom. The summed E-state index contributed by atoms with van der Waals surface area (Å²) in [6.07, 6.45) is 1.10. The van der Waals surface area contributed by atoms with Gasteiger partial charge in [0.2, 0.25) is 0 Å². The molecule has 0 aliphatic heterocycles. The molecule has 0 spiro atoms. The summed E-state index contributed by atoms with van der Waals surface area (Å²) in [5.74, 6) is -0.744. The lowest BCUT2D eigenvalue weighted by Crippen LogP contribution is -2.00. The maximum absolute atomic E-state index is 10.5. The van der Waals surface area contributed by atoms with E-state index in [4.69, 9.17) is 5.11 Å². The maximum atomic E-state index is 10.5. The van der Waals surface area contributed by atoms with Crippen molar-refractivity contribution in [3.05, 3.63) is 21.4 Å². The molecule has 0 aromatic carbocycles. The minimum atomic E-state index is -0.744. The summed E-state index contributed by atoms with van der Waals surface area (Å²) in [6, 6.07) is 0. The fourth-order valence-electron chi connectivity index (χ4n) is 1.28. The number of carbonyl (C=O) groups is 1. The van der Waals surface area contributed by atoms with Gasteiger partial charge in [-0.05, 0) is 29.9 Å². The van der Waals surface area contributed by atoms with Crippen LogP contribution in [0.5, 0.6) is 0 Å². The number of aliphatic carboxylic acids is 1. The van der Waals surface area contributed by atoms with E-state index >= 15 is 0 Å². The van der Waals surface area contributed by atoms with Crippen LogP contribution in [0.1, 0.15) is 22.9 Å². The summed E-state index contributed by atoms with van der Waals surface area (Å²) < 4.78 is 0. The van der Waals surface area contributed by atoms with Crippen molar-refractivity contribution in [2.24, 2.45) is 0 Å². The zero-order valence-corrected chi connectivity index (χ0v) is 8.07. The first kappa shape index (κ1) is 9.26. The van der Waals surface area contributed by atoms with Crippen LogP contribution in [-0.2, 0) is 17.6 Å². The van der Waals surface area contributed by atoms with Crippen LogP contribution in [0.3, 0.4) is 0 Å².